The lowest BCUT2D eigenvalue weighted by Crippen LogP contribution is -2.29. The lowest BCUT2D eigenvalue weighted by molar-refractivity contribution is 0.0937. The van der Waals surface area contributed by atoms with Crippen LogP contribution in [0.25, 0.3) is 10.9 Å². The van der Waals surface area contributed by atoms with Gasteiger partial charge in [0.1, 0.15) is 0 Å². The van der Waals surface area contributed by atoms with Crippen LogP contribution in [0.15, 0.2) is 58.5 Å². The highest BCUT2D eigenvalue weighted by Gasteiger charge is 2.23. The zero-order valence-corrected chi connectivity index (χ0v) is 17.4. The van der Waals surface area contributed by atoms with Crippen molar-refractivity contribution in [3.63, 3.8) is 0 Å². The first kappa shape index (κ1) is 19.9. The van der Waals surface area contributed by atoms with Crippen molar-refractivity contribution < 1.29 is 9.53 Å². The second-order valence-electron chi connectivity index (χ2n) is 7.45. The molecule has 0 N–H and O–H groups in total. The van der Waals surface area contributed by atoms with Gasteiger partial charge in [0.25, 0.3) is 5.56 Å². The van der Waals surface area contributed by atoms with Crippen molar-refractivity contribution in [2.24, 2.45) is 0 Å². The van der Waals surface area contributed by atoms with E-state index in [0.29, 0.717) is 28.2 Å². The van der Waals surface area contributed by atoms with E-state index < -0.39 is 0 Å². The van der Waals surface area contributed by atoms with E-state index in [1.54, 1.807) is 10.6 Å². The Bertz CT molecular complexity index is 1090. The molecule has 1 saturated heterocycles. The Morgan fingerprint density at radius 1 is 1.24 bits per heavy atom. The summed E-state index contributed by atoms with van der Waals surface area (Å²) in [6, 6.07) is 14.9. The van der Waals surface area contributed by atoms with E-state index in [0.717, 1.165) is 25.0 Å². The monoisotopic (exact) mass is 408 g/mol. The minimum Gasteiger partial charge on any atom is -0.376 e. The van der Waals surface area contributed by atoms with Crippen LogP contribution in [0.5, 0.6) is 0 Å². The standard InChI is InChI=1S/C23H24N2O3S/c1-15-9-11-17(12-10-15)21(26)16(2)29-23-24-20-8-4-3-7-19(20)22(27)25(23)14-18-6-5-13-28-18/h3-4,7-12,16,18H,5-6,13-14H2,1-2H3/t16-,18+/m1/s1. The minimum absolute atomic E-state index is 0.0121. The molecule has 1 fully saturated rings. The molecule has 0 bridgehead atoms. The van der Waals surface area contributed by atoms with Crippen LogP contribution in [0.4, 0.5) is 0 Å². The molecule has 0 amide bonds. The van der Waals surface area contributed by atoms with Crippen LogP contribution < -0.4 is 5.56 Å². The lowest BCUT2D eigenvalue weighted by Gasteiger charge is -2.18. The van der Waals surface area contributed by atoms with Crippen LogP contribution in [0, 0.1) is 6.92 Å². The SMILES string of the molecule is Cc1ccc(C(=O)[C@@H](C)Sc2nc3ccccc3c(=O)n2C[C@@H]2CCCO2)cc1. The minimum atomic E-state index is -0.360. The second-order valence-corrected chi connectivity index (χ2v) is 8.76. The molecule has 1 aliphatic rings. The summed E-state index contributed by atoms with van der Waals surface area (Å²) in [5.41, 5.74) is 2.36. The fraction of sp³-hybridized carbons (Fsp3) is 0.348. The number of benzene rings is 2. The van der Waals surface area contributed by atoms with E-state index in [9.17, 15) is 9.59 Å². The number of Topliss-reactive ketones (excluding diaryl/α,β-unsaturated/α-hetero) is 1. The molecule has 0 aliphatic carbocycles. The van der Waals surface area contributed by atoms with Crippen molar-refractivity contribution in [2.45, 2.75) is 49.7 Å². The molecule has 0 spiro atoms. The molecule has 0 unspecified atom stereocenters. The summed E-state index contributed by atoms with van der Waals surface area (Å²) in [6.07, 6.45) is 1.95. The van der Waals surface area contributed by atoms with Gasteiger partial charge in [-0.1, -0.05) is 53.7 Å². The zero-order chi connectivity index (χ0) is 20.4. The van der Waals surface area contributed by atoms with Crippen LogP contribution >= 0.6 is 11.8 Å². The number of aryl methyl sites for hydroxylation is 1. The van der Waals surface area contributed by atoms with Gasteiger partial charge in [-0.15, -0.1) is 0 Å². The Labute approximate surface area is 174 Å². The number of nitrogens with zero attached hydrogens (tertiary/aromatic N) is 2. The molecule has 0 radical (unpaired) electrons. The summed E-state index contributed by atoms with van der Waals surface area (Å²) in [7, 11) is 0. The predicted molar refractivity (Wildman–Crippen MR) is 116 cm³/mol. The van der Waals surface area contributed by atoms with E-state index in [2.05, 4.69) is 0 Å². The highest BCUT2D eigenvalue weighted by molar-refractivity contribution is 8.00. The molecule has 5 nitrogen and oxygen atoms in total. The Kier molecular flexibility index (Phi) is 5.83. The highest BCUT2D eigenvalue weighted by Crippen LogP contribution is 2.26. The van der Waals surface area contributed by atoms with Crippen LogP contribution in [0.2, 0.25) is 0 Å². The molecule has 29 heavy (non-hydrogen) atoms. The van der Waals surface area contributed by atoms with Gasteiger partial charge in [0, 0.05) is 12.2 Å². The van der Waals surface area contributed by atoms with Crippen molar-refractivity contribution >= 4 is 28.4 Å². The second kappa shape index (κ2) is 8.51. The summed E-state index contributed by atoms with van der Waals surface area (Å²) < 4.78 is 7.43. The molecular formula is C23H24N2O3S. The van der Waals surface area contributed by atoms with Crippen LogP contribution in [-0.2, 0) is 11.3 Å². The Hall–Kier alpha value is -2.44. The fourth-order valence-corrected chi connectivity index (χ4v) is 4.55. The number of carbonyl (C=O) groups excluding carboxylic acids is 1. The maximum absolute atomic E-state index is 13.2. The average molecular weight is 409 g/mol. The fourth-order valence-electron chi connectivity index (χ4n) is 3.55. The Morgan fingerprint density at radius 3 is 2.72 bits per heavy atom. The first-order valence-electron chi connectivity index (χ1n) is 9.91. The Morgan fingerprint density at radius 2 is 2.00 bits per heavy atom. The summed E-state index contributed by atoms with van der Waals surface area (Å²) in [5, 5.41) is 0.797. The van der Waals surface area contributed by atoms with E-state index in [4.69, 9.17) is 9.72 Å². The third kappa shape index (κ3) is 4.28. The van der Waals surface area contributed by atoms with E-state index >= 15 is 0 Å². The molecule has 2 heterocycles. The number of carbonyl (C=O) groups is 1. The normalized spacial score (nSPS) is 17.5. The predicted octanol–water partition coefficient (Wildman–Crippen LogP) is 4.25. The number of ketones is 1. The topological polar surface area (TPSA) is 61.2 Å². The van der Waals surface area contributed by atoms with Gasteiger partial charge in [0.05, 0.1) is 28.8 Å². The third-order valence-corrected chi connectivity index (χ3v) is 6.31. The summed E-state index contributed by atoms with van der Waals surface area (Å²) >= 11 is 1.34. The maximum Gasteiger partial charge on any atom is 0.262 e. The number of fused-ring (bicyclic) bond motifs is 1. The van der Waals surface area contributed by atoms with E-state index in [1.165, 1.54) is 11.8 Å². The number of aromatic nitrogens is 2. The van der Waals surface area contributed by atoms with Gasteiger partial charge < -0.3 is 4.74 Å². The molecule has 0 saturated carbocycles. The number of thioether (sulfide) groups is 1. The van der Waals surface area contributed by atoms with Crippen LogP contribution in [0.1, 0.15) is 35.7 Å². The molecule has 150 valence electrons. The molecule has 2 aromatic carbocycles. The van der Waals surface area contributed by atoms with Gasteiger partial charge in [-0.25, -0.2) is 4.98 Å². The number of ether oxygens (including phenoxy) is 1. The van der Waals surface area contributed by atoms with Gasteiger partial charge in [-0.2, -0.15) is 0 Å². The molecule has 1 aliphatic heterocycles. The highest BCUT2D eigenvalue weighted by atomic mass is 32.2. The van der Waals surface area contributed by atoms with Crippen molar-refractivity contribution in [2.75, 3.05) is 6.61 Å². The molecular weight excluding hydrogens is 384 g/mol. The van der Waals surface area contributed by atoms with Gasteiger partial charge in [-0.3, -0.25) is 14.2 Å². The van der Waals surface area contributed by atoms with Crippen molar-refractivity contribution in [1.29, 1.82) is 0 Å². The summed E-state index contributed by atoms with van der Waals surface area (Å²) in [5.74, 6) is 0.0288. The van der Waals surface area contributed by atoms with Gasteiger partial charge in [-0.05, 0) is 38.8 Å². The molecule has 3 aromatic rings. The number of para-hydroxylation sites is 1. The molecule has 6 heteroatoms. The van der Waals surface area contributed by atoms with Gasteiger partial charge >= 0.3 is 0 Å². The van der Waals surface area contributed by atoms with Crippen LogP contribution in [0.3, 0.4) is 0 Å². The van der Waals surface area contributed by atoms with E-state index in [-0.39, 0.29) is 22.7 Å². The number of rotatable bonds is 6. The van der Waals surface area contributed by atoms with Gasteiger partial charge in [0.2, 0.25) is 0 Å². The number of hydrogen-bond acceptors (Lipinski definition) is 5. The van der Waals surface area contributed by atoms with Crippen molar-refractivity contribution in [1.82, 2.24) is 9.55 Å². The van der Waals surface area contributed by atoms with Crippen molar-refractivity contribution in [3.8, 4) is 0 Å². The summed E-state index contributed by atoms with van der Waals surface area (Å²) in [6.45, 7) is 5.05. The first-order valence-corrected chi connectivity index (χ1v) is 10.8. The largest absolute Gasteiger partial charge is 0.376 e. The van der Waals surface area contributed by atoms with Crippen molar-refractivity contribution in [3.05, 3.63) is 70.0 Å². The van der Waals surface area contributed by atoms with E-state index in [1.807, 2.05) is 56.3 Å². The smallest absolute Gasteiger partial charge is 0.262 e. The lowest BCUT2D eigenvalue weighted by atomic mass is 10.1. The molecule has 1 aromatic heterocycles. The average Bonchev–Trinajstić information content (AvgIpc) is 3.24. The molecule has 2 atom stereocenters. The maximum atomic E-state index is 13.2. The number of hydrogen-bond donors (Lipinski definition) is 0. The zero-order valence-electron chi connectivity index (χ0n) is 16.6. The van der Waals surface area contributed by atoms with Crippen LogP contribution in [-0.4, -0.2) is 33.3 Å². The Balaban J connectivity index is 1.68. The summed E-state index contributed by atoms with van der Waals surface area (Å²) in [4.78, 5) is 30.8. The van der Waals surface area contributed by atoms with Gasteiger partial charge in [0.15, 0.2) is 10.9 Å². The first-order chi connectivity index (χ1) is 14.0. The third-order valence-electron chi connectivity index (χ3n) is 5.22. The molecule has 4 rings (SSSR count). The quantitative estimate of drug-likeness (QED) is 0.347.